The quantitative estimate of drug-likeness (QED) is 0.864. The largest absolute Gasteiger partial charge is 0.497 e. The molecule has 3 aliphatic rings. The van der Waals surface area contributed by atoms with Gasteiger partial charge in [-0.05, 0) is 53.8 Å². The van der Waals surface area contributed by atoms with Crippen molar-refractivity contribution >= 4 is 5.76 Å². The lowest BCUT2D eigenvalue weighted by molar-refractivity contribution is 0.174. The van der Waals surface area contributed by atoms with Crippen LogP contribution in [-0.4, -0.2) is 13.9 Å². The molecule has 1 atom stereocenters. The van der Waals surface area contributed by atoms with Gasteiger partial charge in [0.25, 0.3) is 0 Å². The Morgan fingerprint density at radius 3 is 2.79 bits per heavy atom. The molecule has 0 fully saturated rings. The normalized spacial score (nSPS) is 19.5. The van der Waals surface area contributed by atoms with Crippen molar-refractivity contribution in [3.8, 4) is 23.3 Å². The maximum Gasteiger partial charge on any atom is 0.231 e. The molecule has 2 N–H and O–H groups in total. The lowest BCUT2D eigenvalue weighted by Crippen LogP contribution is -2.23. The Hall–Kier alpha value is -3.59. The number of rotatable bonds is 2. The van der Waals surface area contributed by atoms with Gasteiger partial charge in [-0.1, -0.05) is 12.1 Å². The molecule has 28 heavy (non-hydrogen) atoms. The Kier molecular flexibility index (Phi) is 3.69. The fourth-order valence-electron chi connectivity index (χ4n) is 4.13. The number of hydrogen-bond acceptors (Lipinski definition) is 6. The fraction of sp³-hybridized carbons (Fsp3) is 0.227. The van der Waals surface area contributed by atoms with Crippen molar-refractivity contribution in [1.82, 2.24) is 0 Å². The molecule has 5 rings (SSSR count). The van der Waals surface area contributed by atoms with E-state index in [1.807, 2.05) is 30.3 Å². The van der Waals surface area contributed by atoms with Crippen LogP contribution in [0.5, 0.6) is 17.2 Å². The maximum absolute atomic E-state index is 9.79. The molecule has 0 amide bonds. The van der Waals surface area contributed by atoms with Gasteiger partial charge in [0.15, 0.2) is 11.5 Å². The van der Waals surface area contributed by atoms with Crippen molar-refractivity contribution < 1.29 is 18.9 Å². The SMILES string of the molecule is COc1ccc2c(c1)C1=C(CC2)C(c2ccc3c(c2)OCO3)C(C#N)=C(N)O1. The Morgan fingerprint density at radius 2 is 1.96 bits per heavy atom. The summed E-state index contributed by atoms with van der Waals surface area (Å²) in [5, 5.41) is 9.79. The second-order valence-corrected chi connectivity index (χ2v) is 6.91. The van der Waals surface area contributed by atoms with Crippen LogP contribution < -0.4 is 19.9 Å². The highest BCUT2D eigenvalue weighted by molar-refractivity contribution is 5.75. The van der Waals surface area contributed by atoms with Gasteiger partial charge >= 0.3 is 0 Å². The first kappa shape index (κ1) is 16.6. The van der Waals surface area contributed by atoms with Crippen molar-refractivity contribution in [3.63, 3.8) is 0 Å². The summed E-state index contributed by atoms with van der Waals surface area (Å²) in [7, 11) is 1.64. The van der Waals surface area contributed by atoms with Crippen LogP contribution >= 0.6 is 0 Å². The minimum absolute atomic E-state index is 0.139. The van der Waals surface area contributed by atoms with Crippen LogP contribution in [0.3, 0.4) is 0 Å². The molecular formula is C22H18N2O4. The second kappa shape index (κ2) is 6.24. The molecule has 2 heterocycles. The molecule has 2 aromatic carbocycles. The number of nitriles is 1. The first-order valence-electron chi connectivity index (χ1n) is 9.07. The first-order valence-corrected chi connectivity index (χ1v) is 9.07. The zero-order valence-electron chi connectivity index (χ0n) is 15.3. The van der Waals surface area contributed by atoms with Crippen LogP contribution in [0.2, 0.25) is 0 Å². The van der Waals surface area contributed by atoms with Crippen molar-refractivity contribution in [2.45, 2.75) is 18.8 Å². The zero-order valence-corrected chi connectivity index (χ0v) is 15.3. The summed E-state index contributed by atoms with van der Waals surface area (Å²) < 4.78 is 22.3. The Balaban J connectivity index is 1.68. The molecule has 2 aliphatic heterocycles. The van der Waals surface area contributed by atoms with Gasteiger partial charge in [-0.3, -0.25) is 0 Å². The summed E-state index contributed by atoms with van der Waals surface area (Å²) in [5.74, 6) is 2.73. The summed E-state index contributed by atoms with van der Waals surface area (Å²) >= 11 is 0. The number of fused-ring (bicyclic) bond motifs is 3. The molecule has 1 aliphatic carbocycles. The van der Waals surface area contributed by atoms with Gasteiger partial charge in [-0.25, -0.2) is 0 Å². The van der Waals surface area contributed by atoms with Gasteiger partial charge in [0.2, 0.25) is 12.7 Å². The molecule has 6 nitrogen and oxygen atoms in total. The Bertz CT molecular complexity index is 1090. The van der Waals surface area contributed by atoms with E-state index < -0.39 is 0 Å². The molecule has 140 valence electrons. The number of allylic oxidation sites excluding steroid dienone is 2. The summed E-state index contributed by atoms with van der Waals surface area (Å²) in [6, 6.07) is 14.0. The standard InChI is InChI=1S/C22H18N2O4/c1-25-14-5-2-12-3-6-15-20(13-4-7-18-19(8-13)27-11-26-18)17(10-23)22(24)28-21(15)16(12)9-14/h2,4-5,7-9,20H,3,6,11,24H2,1H3. The third-order valence-corrected chi connectivity index (χ3v) is 5.48. The van der Waals surface area contributed by atoms with Crippen molar-refractivity contribution in [1.29, 1.82) is 5.26 Å². The average Bonchev–Trinajstić information content (AvgIpc) is 3.20. The molecule has 2 aromatic rings. The highest BCUT2D eigenvalue weighted by Crippen LogP contribution is 2.49. The van der Waals surface area contributed by atoms with Crippen LogP contribution in [0.1, 0.15) is 29.0 Å². The van der Waals surface area contributed by atoms with Gasteiger partial charge in [0, 0.05) is 11.5 Å². The van der Waals surface area contributed by atoms with E-state index in [2.05, 4.69) is 12.1 Å². The molecule has 0 saturated carbocycles. The van der Waals surface area contributed by atoms with Gasteiger partial charge in [-0.2, -0.15) is 5.26 Å². The highest BCUT2D eigenvalue weighted by Gasteiger charge is 2.36. The van der Waals surface area contributed by atoms with Crippen LogP contribution in [-0.2, 0) is 11.2 Å². The van der Waals surface area contributed by atoms with Gasteiger partial charge < -0.3 is 24.7 Å². The zero-order chi connectivity index (χ0) is 19.3. The molecule has 0 radical (unpaired) electrons. The van der Waals surface area contributed by atoms with Crippen molar-refractivity contribution in [2.24, 2.45) is 5.73 Å². The van der Waals surface area contributed by atoms with Crippen molar-refractivity contribution in [3.05, 3.63) is 70.1 Å². The number of ether oxygens (including phenoxy) is 4. The minimum Gasteiger partial charge on any atom is -0.497 e. The molecular weight excluding hydrogens is 356 g/mol. The third kappa shape index (κ3) is 2.40. The molecule has 0 bridgehead atoms. The molecule has 0 spiro atoms. The van der Waals surface area contributed by atoms with Crippen molar-refractivity contribution in [2.75, 3.05) is 13.9 Å². The van der Waals surface area contributed by atoms with Crippen LogP contribution in [0.15, 0.2) is 53.4 Å². The second-order valence-electron chi connectivity index (χ2n) is 6.91. The van der Waals surface area contributed by atoms with E-state index in [9.17, 15) is 5.26 Å². The van der Waals surface area contributed by atoms with Crippen LogP contribution in [0, 0.1) is 11.3 Å². The van der Waals surface area contributed by atoms with E-state index >= 15 is 0 Å². The number of nitrogens with zero attached hydrogens (tertiary/aromatic N) is 1. The Labute approximate surface area is 162 Å². The highest BCUT2D eigenvalue weighted by atomic mass is 16.7. The minimum atomic E-state index is -0.275. The number of benzene rings is 2. The number of hydrogen-bond donors (Lipinski definition) is 1. The van der Waals surface area contributed by atoms with E-state index in [1.165, 1.54) is 5.56 Å². The average molecular weight is 374 g/mol. The molecule has 0 aromatic heterocycles. The van der Waals surface area contributed by atoms with E-state index in [4.69, 9.17) is 24.7 Å². The lowest BCUT2D eigenvalue weighted by atomic mass is 9.76. The van der Waals surface area contributed by atoms with E-state index in [-0.39, 0.29) is 18.6 Å². The fourth-order valence-corrected chi connectivity index (χ4v) is 4.13. The number of nitrogens with two attached hydrogens (primary N) is 1. The first-order chi connectivity index (χ1) is 13.7. The monoisotopic (exact) mass is 374 g/mol. The van der Waals surface area contributed by atoms with E-state index in [0.717, 1.165) is 41.1 Å². The lowest BCUT2D eigenvalue weighted by Gasteiger charge is -2.33. The summed E-state index contributed by atoms with van der Waals surface area (Å²) in [6.45, 7) is 0.205. The number of methoxy groups -OCH3 is 1. The number of aryl methyl sites for hydroxylation is 1. The van der Waals surface area contributed by atoms with E-state index in [1.54, 1.807) is 7.11 Å². The summed E-state index contributed by atoms with van der Waals surface area (Å²) in [5.41, 5.74) is 10.7. The topological polar surface area (TPSA) is 86.7 Å². The summed E-state index contributed by atoms with van der Waals surface area (Å²) in [6.07, 6.45) is 1.65. The summed E-state index contributed by atoms with van der Waals surface area (Å²) in [4.78, 5) is 0. The predicted molar refractivity (Wildman–Crippen MR) is 101 cm³/mol. The maximum atomic E-state index is 9.79. The molecule has 0 saturated heterocycles. The van der Waals surface area contributed by atoms with Gasteiger partial charge in [0.05, 0.1) is 7.11 Å². The Morgan fingerprint density at radius 1 is 1.11 bits per heavy atom. The van der Waals surface area contributed by atoms with Crippen LogP contribution in [0.4, 0.5) is 0 Å². The predicted octanol–water partition coefficient (Wildman–Crippen LogP) is 3.59. The molecule has 1 unspecified atom stereocenters. The van der Waals surface area contributed by atoms with E-state index in [0.29, 0.717) is 17.1 Å². The smallest absolute Gasteiger partial charge is 0.231 e. The third-order valence-electron chi connectivity index (χ3n) is 5.48. The van der Waals surface area contributed by atoms with Gasteiger partial charge in [0.1, 0.15) is 23.2 Å². The molecule has 6 heteroatoms. The van der Waals surface area contributed by atoms with Gasteiger partial charge in [-0.15, -0.1) is 0 Å². The van der Waals surface area contributed by atoms with Crippen LogP contribution in [0.25, 0.3) is 5.76 Å².